The monoisotopic (exact) mass is 975 g/mol. The molecule has 0 N–H and O–H groups in total. The van der Waals surface area contributed by atoms with E-state index in [9.17, 15) is 9.59 Å². The van der Waals surface area contributed by atoms with Gasteiger partial charge in [-0.25, -0.2) is 0 Å². The molecule has 2 aliphatic heterocycles. The molecule has 0 saturated carbocycles. The van der Waals surface area contributed by atoms with Crippen LogP contribution >= 0.6 is 0 Å². The standard InChI is InChI=1S/C62H118O7/c1-11-15-19-23-27-31-35-39-43-55(44-40-36-32-28-24-20-16-12-2)59(63)65-47-57-51(7)49(5)53(9)61(67-57)69-62-54(10)50(6)52(8)58(68-62)48-66-60(64)56(45-41-37-33-29-25-21-17-13-3)46-42-38-34-30-26-22-18-14-4/h49-58,61-62H,11-48H2,1-10H3/t49-,50-,51+,52+,53?,54?,57?,58?,61-,62-/m0/s1. The van der Waals surface area contributed by atoms with Gasteiger partial charge in [-0.2, -0.15) is 0 Å². The van der Waals surface area contributed by atoms with Crippen LogP contribution in [-0.2, 0) is 33.3 Å². The van der Waals surface area contributed by atoms with Crippen molar-refractivity contribution in [2.45, 2.75) is 325 Å². The number of carbonyl (C=O) groups excluding carboxylic acids is 2. The lowest BCUT2D eigenvalue weighted by atomic mass is 9.78. The minimum atomic E-state index is -0.482. The lowest BCUT2D eigenvalue weighted by molar-refractivity contribution is -0.344. The van der Waals surface area contributed by atoms with E-state index >= 15 is 0 Å². The molecule has 0 aliphatic carbocycles. The number of hydrogen-bond acceptors (Lipinski definition) is 7. The molecule has 7 heteroatoms. The second kappa shape index (κ2) is 41.2. The SMILES string of the molecule is CCCCCCCCCCC(CCCCCCCCCC)C(=O)OCC1O[C@@H](O[C@@H]2OC(COC(=O)C(CCCCCCCCCC)CCCCCCCCCC)[C@H](C)[C@H](C)C2C)C(C)[C@@H](C)[C@H]1C. The molecule has 0 aromatic heterocycles. The molecule has 2 heterocycles. The molecule has 0 spiro atoms. The highest BCUT2D eigenvalue weighted by molar-refractivity contribution is 5.72. The molecule has 10 atom stereocenters. The highest BCUT2D eigenvalue weighted by Crippen LogP contribution is 2.41. The first kappa shape index (κ1) is 63.9. The van der Waals surface area contributed by atoms with Crippen molar-refractivity contribution in [1.82, 2.24) is 0 Å². The van der Waals surface area contributed by atoms with E-state index in [0.29, 0.717) is 11.8 Å². The van der Waals surface area contributed by atoms with Crippen LogP contribution in [0.5, 0.6) is 0 Å². The van der Waals surface area contributed by atoms with Gasteiger partial charge in [0.05, 0.1) is 24.0 Å². The predicted octanol–water partition coefficient (Wildman–Crippen LogP) is 18.7. The maximum Gasteiger partial charge on any atom is 0.309 e. The van der Waals surface area contributed by atoms with Crippen LogP contribution in [0.4, 0.5) is 0 Å². The van der Waals surface area contributed by atoms with Gasteiger partial charge in [0.1, 0.15) is 13.2 Å². The second-order valence-electron chi connectivity index (χ2n) is 23.1. The van der Waals surface area contributed by atoms with E-state index in [0.717, 1.165) is 51.4 Å². The molecule has 2 saturated heterocycles. The molecular formula is C62H118O7. The van der Waals surface area contributed by atoms with Crippen molar-refractivity contribution in [2.24, 2.45) is 47.3 Å². The van der Waals surface area contributed by atoms with Gasteiger partial charge in [0, 0.05) is 11.8 Å². The predicted molar refractivity (Wildman–Crippen MR) is 291 cm³/mol. The molecule has 0 bridgehead atoms. The first-order valence-corrected chi connectivity index (χ1v) is 30.8. The Morgan fingerprint density at radius 1 is 0.333 bits per heavy atom. The zero-order valence-corrected chi connectivity index (χ0v) is 47.7. The van der Waals surface area contributed by atoms with Crippen molar-refractivity contribution in [1.29, 1.82) is 0 Å². The topological polar surface area (TPSA) is 80.3 Å². The van der Waals surface area contributed by atoms with E-state index in [2.05, 4.69) is 69.2 Å². The van der Waals surface area contributed by atoms with E-state index in [1.54, 1.807) is 0 Å². The molecule has 2 rings (SSSR count). The number of rotatable bonds is 44. The van der Waals surface area contributed by atoms with Crippen LogP contribution in [0.2, 0.25) is 0 Å². The first-order valence-electron chi connectivity index (χ1n) is 30.8. The van der Waals surface area contributed by atoms with Gasteiger partial charge in [-0.15, -0.1) is 0 Å². The number of esters is 2. The fourth-order valence-electron chi connectivity index (χ4n) is 11.2. The van der Waals surface area contributed by atoms with Gasteiger partial charge in [-0.3, -0.25) is 9.59 Å². The Morgan fingerprint density at radius 2 is 0.565 bits per heavy atom. The van der Waals surface area contributed by atoms with Crippen molar-refractivity contribution in [2.75, 3.05) is 13.2 Å². The van der Waals surface area contributed by atoms with Crippen molar-refractivity contribution in [3.8, 4) is 0 Å². The Hall–Kier alpha value is -1.18. The lowest BCUT2D eigenvalue weighted by Crippen LogP contribution is -2.53. The summed E-state index contributed by atoms with van der Waals surface area (Å²) in [5, 5.41) is 0. The third kappa shape index (κ3) is 27.6. The average molecular weight is 976 g/mol. The van der Waals surface area contributed by atoms with E-state index in [-0.39, 0.29) is 72.9 Å². The third-order valence-corrected chi connectivity index (χ3v) is 17.3. The fraction of sp³-hybridized carbons (Fsp3) is 0.968. The minimum Gasteiger partial charge on any atom is -0.463 e. The average Bonchev–Trinajstić information content (AvgIpc) is 3.35. The van der Waals surface area contributed by atoms with Crippen LogP contribution < -0.4 is 0 Å². The zero-order valence-electron chi connectivity index (χ0n) is 47.7. The van der Waals surface area contributed by atoms with Gasteiger partial charge in [0.15, 0.2) is 12.6 Å². The number of unbranched alkanes of at least 4 members (excludes halogenated alkanes) is 28. The second-order valence-corrected chi connectivity index (χ2v) is 23.1. The molecule has 0 aromatic rings. The van der Waals surface area contributed by atoms with Crippen molar-refractivity contribution >= 4 is 11.9 Å². The van der Waals surface area contributed by atoms with Gasteiger partial charge in [-0.05, 0) is 49.4 Å². The Balaban J connectivity index is 2.01. The molecule has 4 unspecified atom stereocenters. The first-order chi connectivity index (χ1) is 33.5. The molecule has 0 amide bonds. The van der Waals surface area contributed by atoms with E-state index in [1.807, 2.05) is 0 Å². The summed E-state index contributed by atoms with van der Waals surface area (Å²) in [6, 6.07) is 0. The Morgan fingerprint density at radius 3 is 0.812 bits per heavy atom. The molecule has 408 valence electrons. The summed E-state index contributed by atoms with van der Waals surface area (Å²) >= 11 is 0. The summed E-state index contributed by atoms with van der Waals surface area (Å²) in [7, 11) is 0. The quantitative estimate of drug-likeness (QED) is 0.0444. The van der Waals surface area contributed by atoms with Crippen LogP contribution in [0, 0.1) is 47.3 Å². The van der Waals surface area contributed by atoms with Crippen molar-refractivity contribution in [3.05, 3.63) is 0 Å². The molecule has 2 aliphatic rings. The highest BCUT2D eigenvalue weighted by atomic mass is 16.8. The Kier molecular flexibility index (Phi) is 38.2. The van der Waals surface area contributed by atoms with Crippen LogP contribution in [0.3, 0.4) is 0 Å². The summed E-state index contributed by atoms with van der Waals surface area (Å²) < 4.78 is 32.9. The number of carbonyl (C=O) groups is 2. The fourth-order valence-corrected chi connectivity index (χ4v) is 11.2. The minimum absolute atomic E-state index is 0.0380. The van der Waals surface area contributed by atoms with Crippen LogP contribution in [0.25, 0.3) is 0 Å². The maximum absolute atomic E-state index is 13.9. The van der Waals surface area contributed by atoms with Gasteiger partial charge in [0.25, 0.3) is 0 Å². The van der Waals surface area contributed by atoms with E-state index in [4.69, 9.17) is 23.7 Å². The molecule has 69 heavy (non-hydrogen) atoms. The molecule has 2 fully saturated rings. The van der Waals surface area contributed by atoms with Crippen molar-refractivity contribution < 1.29 is 33.3 Å². The van der Waals surface area contributed by atoms with Gasteiger partial charge >= 0.3 is 11.9 Å². The zero-order chi connectivity index (χ0) is 50.5. The molecule has 7 nitrogen and oxygen atoms in total. The maximum atomic E-state index is 13.9. The lowest BCUT2D eigenvalue weighted by Gasteiger charge is -2.48. The number of hydrogen-bond donors (Lipinski definition) is 0. The summed E-state index contributed by atoms with van der Waals surface area (Å²) in [6.45, 7) is 23.1. The Labute approximate surface area is 429 Å². The normalized spacial score (nSPS) is 25.2. The van der Waals surface area contributed by atoms with Gasteiger partial charge < -0.3 is 23.7 Å². The molecule has 0 aromatic carbocycles. The smallest absolute Gasteiger partial charge is 0.309 e. The Bertz CT molecular complexity index is 1080. The van der Waals surface area contributed by atoms with Crippen LogP contribution in [0.1, 0.15) is 300 Å². The largest absolute Gasteiger partial charge is 0.463 e. The summed E-state index contributed by atoms with van der Waals surface area (Å²) in [5.74, 6) is 1.17. The highest BCUT2D eigenvalue weighted by Gasteiger charge is 2.46. The van der Waals surface area contributed by atoms with Gasteiger partial charge in [0.2, 0.25) is 0 Å². The summed E-state index contributed by atoms with van der Waals surface area (Å²) in [5.41, 5.74) is 0. The van der Waals surface area contributed by atoms with Crippen LogP contribution in [0.15, 0.2) is 0 Å². The number of ether oxygens (including phenoxy) is 5. The van der Waals surface area contributed by atoms with Gasteiger partial charge in [-0.1, -0.05) is 275 Å². The third-order valence-electron chi connectivity index (χ3n) is 17.3. The van der Waals surface area contributed by atoms with Crippen molar-refractivity contribution in [3.63, 3.8) is 0 Å². The van der Waals surface area contributed by atoms with E-state index < -0.39 is 12.6 Å². The molecular weight excluding hydrogens is 857 g/mol. The van der Waals surface area contributed by atoms with E-state index in [1.165, 1.54) is 180 Å². The summed E-state index contributed by atoms with van der Waals surface area (Å²) in [4.78, 5) is 27.8. The van der Waals surface area contributed by atoms with Crippen LogP contribution in [-0.4, -0.2) is 49.9 Å². The summed E-state index contributed by atoms with van der Waals surface area (Å²) in [6.07, 6.45) is 42.9. The molecule has 0 radical (unpaired) electrons.